The fourth-order valence-electron chi connectivity index (χ4n) is 3.45. The van der Waals surface area contributed by atoms with Gasteiger partial charge in [-0.2, -0.15) is 0 Å². The van der Waals surface area contributed by atoms with Crippen LogP contribution in [0.2, 0.25) is 0 Å². The monoisotopic (exact) mass is 344 g/mol. The summed E-state index contributed by atoms with van der Waals surface area (Å²) in [5, 5.41) is 3.06. The van der Waals surface area contributed by atoms with Gasteiger partial charge in [-0.15, -0.1) is 0 Å². The van der Waals surface area contributed by atoms with Gasteiger partial charge in [0.15, 0.2) is 0 Å². The molecule has 2 heterocycles. The van der Waals surface area contributed by atoms with Crippen molar-refractivity contribution in [1.82, 2.24) is 20.2 Å². The third kappa shape index (κ3) is 3.95. The van der Waals surface area contributed by atoms with Crippen LogP contribution in [0.1, 0.15) is 44.1 Å². The van der Waals surface area contributed by atoms with Gasteiger partial charge in [-0.3, -0.25) is 0 Å². The number of carbonyl (C=O) groups is 1. The Morgan fingerprint density at radius 2 is 2.28 bits per heavy atom. The Balaban J connectivity index is 1.72. The molecule has 0 spiro atoms. The highest BCUT2D eigenvalue weighted by molar-refractivity contribution is 5.77. The molecular weight excluding hydrogens is 316 g/mol. The number of hydrogen-bond donors (Lipinski definition) is 2. The molecule has 1 aliphatic heterocycles. The van der Waals surface area contributed by atoms with Crippen LogP contribution >= 0.6 is 0 Å². The van der Waals surface area contributed by atoms with Gasteiger partial charge < -0.3 is 19.9 Å². The Kier molecular flexibility index (Phi) is 4.99. The molecule has 0 bridgehead atoms. The van der Waals surface area contributed by atoms with Gasteiger partial charge in [0.05, 0.1) is 23.7 Å². The summed E-state index contributed by atoms with van der Waals surface area (Å²) in [5.74, 6) is 0.879. The number of fused-ring (bicyclic) bond motifs is 1. The molecule has 1 fully saturated rings. The number of hydrogen-bond acceptors (Lipinski definition) is 3. The summed E-state index contributed by atoms with van der Waals surface area (Å²) in [6, 6.07) is 6.17. The molecule has 6 nitrogen and oxygen atoms in total. The summed E-state index contributed by atoms with van der Waals surface area (Å²) < 4.78 is 5.22. The van der Waals surface area contributed by atoms with Gasteiger partial charge >= 0.3 is 6.03 Å². The number of carbonyl (C=O) groups excluding carboxylic acids is 1. The second kappa shape index (κ2) is 7.04. The molecule has 1 unspecified atom stereocenters. The van der Waals surface area contributed by atoms with Crippen molar-refractivity contribution in [2.45, 2.75) is 39.7 Å². The second-order valence-corrected chi connectivity index (χ2v) is 7.75. The van der Waals surface area contributed by atoms with E-state index in [4.69, 9.17) is 9.72 Å². The normalized spacial score (nSPS) is 18.1. The van der Waals surface area contributed by atoms with Crippen LogP contribution in [0.25, 0.3) is 11.0 Å². The molecule has 1 aromatic heterocycles. The zero-order valence-electron chi connectivity index (χ0n) is 15.6. The van der Waals surface area contributed by atoms with Gasteiger partial charge in [-0.05, 0) is 37.5 Å². The highest BCUT2D eigenvalue weighted by atomic mass is 16.5. The first-order valence-electron chi connectivity index (χ1n) is 8.89. The van der Waals surface area contributed by atoms with Crippen molar-refractivity contribution in [3.05, 3.63) is 29.6 Å². The van der Waals surface area contributed by atoms with Crippen molar-refractivity contribution in [3.63, 3.8) is 0 Å². The van der Waals surface area contributed by atoms with Gasteiger partial charge in [0.1, 0.15) is 5.82 Å². The third-order valence-corrected chi connectivity index (χ3v) is 4.74. The fraction of sp³-hybridized carbons (Fsp3) is 0.579. The standard InChI is InChI=1S/C19H28N4O2/c1-13-7-8-14-15(10-13)22-17(21-14)16-6-5-9-23(16)18(24)20-11-19(2,3)12-25-4/h7-8,10,16H,5-6,9,11-12H2,1-4H3,(H,20,24)(H,21,22). The van der Waals surface area contributed by atoms with E-state index in [1.165, 1.54) is 5.56 Å². The lowest BCUT2D eigenvalue weighted by atomic mass is 9.95. The third-order valence-electron chi connectivity index (χ3n) is 4.74. The van der Waals surface area contributed by atoms with Gasteiger partial charge in [0.2, 0.25) is 0 Å². The first-order valence-corrected chi connectivity index (χ1v) is 8.89. The summed E-state index contributed by atoms with van der Waals surface area (Å²) in [5.41, 5.74) is 3.10. The maximum Gasteiger partial charge on any atom is 0.318 e. The molecule has 25 heavy (non-hydrogen) atoms. The number of aryl methyl sites for hydroxylation is 1. The van der Waals surface area contributed by atoms with Crippen LogP contribution in [0, 0.1) is 12.3 Å². The van der Waals surface area contributed by atoms with Crippen LogP contribution in [0.4, 0.5) is 4.79 Å². The maximum absolute atomic E-state index is 12.7. The largest absolute Gasteiger partial charge is 0.384 e. The SMILES string of the molecule is COCC(C)(C)CNC(=O)N1CCCC1c1nc2ccc(C)cc2[nH]1. The Morgan fingerprint density at radius 1 is 1.48 bits per heavy atom. The van der Waals surface area contributed by atoms with E-state index < -0.39 is 0 Å². The number of nitrogens with zero attached hydrogens (tertiary/aromatic N) is 2. The van der Waals surface area contributed by atoms with E-state index >= 15 is 0 Å². The Labute approximate surface area is 149 Å². The summed E-state index contributed by atoms with van der Waals surface area (Å²) in [7, 11) is 1.68. The molecule has 3 rings (SSSR count). The molecule has 2 amide bonds. The lowest BCUT2D eigenvalue weighted by molar-refractivity contribution is 0.102. The van der Waals surface area contributed by atoms with Crippen molar-refractivity contribution in [2.24, 2.45) is 5.41 Å². The highest BCUT2D eigenvalue weighted by Crippen LogP contribution is 2.31. The van der Waals surface area contributed by atoms with E-state index in [2.05, 4.69) is 43.2 Å². The summed E-state index contributed by atoms with van der Waals surface area (Å²) in [6.45, 7) is 8.19. The Morgan fingerprint density at radius 3 is 3.04 bits per heavy atom. The molecule has 1 aromatic carbocycles. The van der Waals surface area contributed by atoms with Gasteiger partial charge in [0.25, 0.3) is 0 Å². The molecule has 6 heteroatoms. The summed E-state index contributed by atoms with van der Waals surface area (Å²) in [4.78, 5) is 22.7. The first-order chi connectivity index (χ1) is 11.9. The average molecular weight is 344 g/mol. The van der Waals surface area contributed by atoms with Crippen molar-refractivity contribution in [3.8, 4) is 0 Å². The topological polar surface area (TPSA) is 70.2 Å². The number of amides is 2. The minimum absolute atomic E-state index is 0.0123. The molecule has 2 N–H and O–H groups in total. The minimum Gasteiger partial charge on any atom is -0.384 e. The zero-order chi connectivity index (χ0) is 18.0. The van der Waals surface area contributed by atoms with Crippen molar-refractivity contribution in [2.75, 3.05) is 26.8 Å². The maximum atomic E-state index is 12.7. The first kappa shape index (κ1) is 17.7. The Bertz CT molecular complexity index is 753. The molecule has 0 saturated carbocycles. The molecule has 0 radical (unpaired) electrons. The number of rotatable bonds is 5. The van der Waals surface area contributed by atoms with Crippen molar-refractivity contribution in [1.29, 1.82) is 0 Å². The predicted octanol–water partition coefficient (Wildman–Crippen LogP) is 3.39. The van der Waals surface area contributed by atoms with E-state index in [1.54, 1.807) is 7.11 Å². The number of benzene rings is 1. The summed E-state index contributed by atoms with van der Waals surface area (Å²) in [6.07, 6.45) is 1.93. The molecule has 1 saturated heterocycles. The second-order valence-electron chi connectivity index (χ2n) is 7.75. The number of nitrogens with one attached hydrogen (secondary N) is 2. The van der Waals surface area contributed by atoms with E-state index in [-0.39, 0.29) is 17.5 Å². The van der Waals surface area contributed by atoms with Crippen LogP contribution in [0.15, 0.2) is 18.2 Å². The zero-order valence-corrected chi connectivity index (χ0v) is 15.6. The number of imidazole rings is 1. The lowest BCUT2D eigenvalue weighted by Crippen LogP contribution is -2.44. The summed E-state index contributed by atoms with van der Waals surface area (Å²) >= 11 is 0. The smallest absolute Gasteiger partial charge is 0.318 e. The number of urea groups is 1. The van der Waals surface area contributed by atoms with Crippen LogP contribution in [-0.4, -0.2) is 47.7 Å². The molecule has 1 aliphatic rings. The average Bonchev–Trinajstić information content (AvgIpc) is 3.18. The molecule has 0 aliphatic carbocycles. The minimum atomic E-state index is -0.0868. The molecule has 136 valence electrons. The van der Waals surface area contributed by atoms with Crippen molar-refractivity contribution < 1.29 is 9.53 Å². The van der Waals surface area contributed by atoms with Gasteiger partial charge in [-0.1, -0.05) is 19.9 Å². The number of H-pyrrole nitrogens is 1. The molecule has 1 atom stereocenters. The quantitative estimate of drug-likeness (QED) is 0.873. The van der Waals surface area contributed by atoms with Crippen LogP contribution in [0.5, 0.6) is 0 Å². The van der Waals surface area contributed by atoms with Gasteiger partial charge in [-0.25, -0.2) is 9.78 Å². The van der Waals surface area contributed by atoms with E-state index in [9.17, 15) is 4.79 Å². The van der Waals surface area contributed by atoms with Crippen LogP contribution in [0.3, 0.4) is 0 Å². The lowest BCUT2D eigenvalue weighted by Gasteiger charge is -2.28. The Hall–Kier alpha value is -2.08. The van der Waals surface area contributed by atoms with Crippen molar-refractivity contribution >= 4 is 17.1 Å². The van der Waals surface area contributed by atoms with Crippen LogP contribution < -0.4 is 5.32 Å². The molecule has 2 aromatic rings. The molecular formula is C19H28N4O2. The number of aromatic nitrogens is 2. The van der Waals surface area contributed by atoms with E-state index in [0.29, 0.717) is 13.2 Å². The van der Waals surface area contributed by atoms with Crippen LogP contribution in [-0.2, 0) is 4.74 Å². The highest BCUT2D eigenvalue weighted by Gasteiger charge is 2.32. The van der Waals surface area contributed by atoms with E-state index in [1.807, 2.05) is 11.0 Å². The number of aromatic amines is 1. The number of methoxy groups -OCH3 is 1. The number of likely N-dealkylation sites (tertiary alicyclic amines) is 1. The van der Waals surface area contributed by atoms with Gasteiger partial charge in [0, 0.05) is 25.6 Å². The predicted molar refractivity (Wildman–Crippen MR) is 98.6 cm³/mol. The van der Waals surface area contributed by atoms with E-state index in [0.717, 1.165) is 36.2 Å². The number of ether oxygens (including phenoxy) is 1. The fourth-order valence-corrected chi connectivity index (χ4v) is 3.45.